The van der Waals surface area contributed by atoms with E-state index in [0.29, 0.717) is 25.3 Å². The van der Waals surface area contributed by atoms with E-state index in [-0.39, 0.29) is 17.7 Å². The Kier molecular flexibility index (Phi) is 6.12. The molecule has 1 N–H and O–H groups in total. The number of hydrogen-bond acceptors (Lipinski definition) is 3. The summed E-state index contributed by atoms with van der Waals surface area (Å²) in [7, 11) is 0. The summed E-state index contributed by atoms with van der Waals surface area (Å²) in [5.74, 6) is 0.542. The lowest BCUT2D eigenvalue weighted by Gasteiger charge is -2.32. The van der Waals surface area contributed by atoms with Crippen molar-refractivity contribution in [1.29, 1.82) is 0 Å². The smallest absolute Gasteiger partial charge is 0.253 e. The number of aryl methyl sites for hydroxylation is 1. The molecular weight excluding hydrogens is 340 g/mol. The highest BCUT2D eigenvalue weighted by Crippen LogP contribution is 2.22. The van der Waals surface area contributed by atoms with Crippen molar-refractivity contribution >= 4 is 17.5 Å². The molecule has 1 atom stereocenters. The lowest BCUT2D eigenvalue weighted by Crippen LogP contribution is -2.43. The van der Waals surface area contributed by atoms with Crippen LogP contribution in [0.5, 0.6) is 5.75 Å². The molecule has 5 nitrogen and oxygen atoms in total. The minimum Gasteiger partial charge on any atom is -0.494 e. The van der Waals surface area contributed by atoms with Crippen LogP contribution in [0.15, 0.2) is 48.5 Å². The zero-order valence-corrected chi connectivity index (χ0v) is 15.9. The average molecular weight is 366 g/mol. The van der Waals surface area contributed by atoms with Gasteiger partial charge in [-0.05, 0) is 63.1 Å². The number of benzene rings is 2. The fraction of sp³-hybridized carbons (Fsp3) is 0.364. The second-order valence-corrected chi connectivity index (χ2v) is 6.91. The average Bonchev–Trinajstić information content (AvgIpc) is 2.69. The Morgan fingerprint density at radius 3 is 2.67 bits per heavy atom. The van der Waals surface area contributed by atoms with E-state index in [1.807, 2.05) is 62.4 Å². The number of carbonyl (C=O) groups excluding carboxylic acids is 2. The molecule has 2 aromatic carbocycles. The Balaban J connectivity index is 1.61. The summed E-state index contributed by atoms with van der Waals surface area (Å²) in [4.78, 5) is 27.2. The summed E-state index contributed by atoms with van der Waals surface area (Å²) >= 11 is 0. The standard InChI is InChI=1S/C22H26N2O3/c1-3-27-20-11-9-19(10-12-20)23-21(25)18-8-5-13-24(15-18)22(26)17-7-4-6-16(2)14-17/h4,6-7,9-12,14,18H,3,5,8,13,15H2,1-2H3,(H,23,25). The van der Waals surface area contributed by atoms with Gasteiger partial charge in [0.15, 0.2) is 0 Å². The summed E-state index contributed by atoms with van der Waals surface area (Å²) < 4.78 is 5.42. The summed E-state index contributed by atoms with van der Waals surface area (Å²) in [5.41, 5.74) is 2.48. The Morgan fingerprint density at radius 1 is 1.19 bits per heavy atom. The van der Waals surface area contributed by atoms with E-state index in [0.717, 1.165) is 29.8 Å². The van der Waals surface area contributed by atoms with Gasteiger partial charge in [0.25, 0.3) is 5.91 Å². The number of anilines is 1. The van der Waals surface area contributed by atoms with Gasteiger partial charge in [-0.2, -0.15) is 0 Å². The molecule has 1 aliphatic heterocycles. The third-order valence-electron chi connectivity index (χ3n) is 4.78. The highest BCUT2D eigenvalue weighted by molar-refractivity contribution is 5.96. The SMILES string of the molecule is CCOc1ccc(NC(=O)C2CCCN(C(=O)c3cccc(C)c3)C2)cc1. The van der Waals surface area contributed by atoms with Crippen LogP contribution in [-0.4, -0.2) is 36.4 Å². The van der Waals surface area contributed by atoms with E-state index in [1.165, 1.54) is 0 Å². The predicted octanol–water partition coefficient (Wildman–Crippen LogP) is 3.88. The highest BCUT2D eigenvalue weighted by atomic mass is 16.5. The summed E-state index contributed by atoms with van der Waals surface area (Å²) in [5, 5.41) is 2.96. The van der Waals surface area contributed by atoms with Crippen LogP contribution in [0, 0.1) is 12.8 Å². The lowest BCUT2D eigenvalue weighted by atomic mass is 9.96. The Labute approximate surface area is 160 Å². The number of hydrogen-bond donors (Lipinski definition) is 1. The molecule has 0 radical (unpaired) electrons. The number of rotatable bonds is 5. The summed E-state index contributed by atoms with van der Waals surface area (Å²) in [6.45, 7) is 5.66. The van der Waals surface area contributed by atoms with Crippen molar-refractivity contribution in [2.45, 2.75) is 26.7 Å². The van der Waals surface area contributed by atoms with E-state index in [2.05, 4.69) is 5.32 Å². The lowest BCUT2D eigenvalue weighted by molar-refractivity contribution is -0.121. The van der Waals surface area contributed by atoms with Crippen molar-refractivity contribution in [1.82, 2.24) is 4.90 Å². The number of likely N-dealkylation sites (tertiary alicyclic amines) is 1. The first kappa shape index (κ1) is 19.0. The maximum atomic E-state index is 12.8. The van der Waals surface area contributed by atoms with Crippen LogP contribution in [0.1, 0.15) is 35.7 Å². The second kappa shape index (κ2) is 8.71. The number of nitrogens with one attached hydrogen (secondary N) is 1. The van der Waals surface area contributed by atoms with Gasteiger partial charge in [0.1, 0.15) is 5.75 Å². The number of ether oxygens (including phenoxy) is 1. The van der Waals surface area contributed by atoms with Crippen molar-refractivity contribution in [2.75, 3.05) is 25.0 Å². The predicted molar refractivity (Wildman–Crippen MR) is 106 cm³/mol. The highest BCUT2D eigenvalue weighted by Gasteiger charge is 2.29. The van der Waals surface area contributed by atoms with E-state index in [9.17, 15) is 9.59 Å². The van der Waals surface area contributed by atoms with Gasteiger partial charge in [0, 0.05) is 24.3 Å². The molecule has 1 aliphatic rings. The molecule has 1 saturated heterocycles. The topological polar surface area (TPSA) is 58.6 Å². The molecule has 27 heavy (non-hydrogen) atoms. The van der Waals surface area contributed by atoms with Crippen molar-refractivity contribution in [3.05, 3.63) is 59.7 Å². The van der Waals surface area contributed by atoms with Crippen LogP contribution in [0.3, 0.4) is 0 Å². The molecule has 0 aliphatic carbocycles. The minimum absolute atomic E-state index is 0.00253. The van der Waals surface area contributed by atoms with Gasteiger partial charge in [-0.25, -0.2) is 0 Å². The fourth-order valence-corrected chi connectivity index (χ4v) is 3.38. The molecule has 0 spiro atoms. The molecule has 142 valence electrons. The first-order valence-electron chi connectivity index (χ1n) is 9.46. The van der Waals surface area contributed by atoms with Crippen molar-refractivity contribution in [3.63, 3.8) is 0 Å². The Bertz CT molecular complexity index is 801. The molecule has 3 rings (SSSR count). The van der Waals surface area contributed by atoms with Gasteiger partial charge < -0.3 is 15.0 Å². The Hall–Kier alpha value is -2.82. The van der Waals surface area contributed by atoms with Crippen LogP contribution < -0.4 is 10.1 Å². The normalized spacial score (nSPS) is 16.7. The van der Waals surface area contributed by atoms with Gasteiger partial charge >= 0.3 is 0 Å². The number of amides is 2. The quantitative estimate of drug-likeness (QED) is 0.873. The van der Waals surface area contributed by atoms with Crippen LogP contribution in [0.2, 0.25) is 0 Å². The number of piperidine rings is 1. The maximum Gasteiger partial charge on any atom is 0.253 e. The molecular formula is C22H26N2O3. The monoisotopic (exact) mass is 366 g/mol. The minimum atomic E-state index is -0.195. The molecule has 1 heterocycles. The van der Waals surface area contributed by atoms with Crippen molar-refractivity contribution < 1.29 is 14.3 Å². The largest absolute Gasteiger partial charge is 0.494 e. The molecule has 0 bridgehead atoms. The van der Waals surface area contributed by atoms with E-state index in [1.54, 1.807) is 4.90 Å². The van der Waals surface area contributed by atoms with Gasteiger partial charge in [-0.1, -0.05) is 17.7 Å². The third-order valence-corrected chi connectivity index (χ3v) is 4.78. The molecule has 2 amide bonds. The number of nitrogens with zero attached hydrogens (tertiary/aromatic N) is 1. The van der Waals surface area contributed by atoms with E-state index >= 15 is 0 Å². The molecule has 5 heteroatoms. The third kappa shape index (κ3) is 4.88. The van der Waals surface area contributed by atoms with Gasteiger partial charge in [-0.3, -0.25) is 9.59 Å². The molecule has 2 aromatic rings. The van der Waals surface area contributed by atoms with Crippen LogP contribution in [0.25, 0.3) is 0 Å². The zero-order valence-electron chi connectivity index (χ0n) is 15.9. The first-order chi connectivity index (χ1) is 13.1. The maximum absolute atomic E-state index is 12.8. The van der Waals surface area contributed by atoms with Gasteiger partial charge in [-0.15, -0.1) is 0 Å². The molecule has 0 saturated carbocycles. The summed E-state index contributed by atoms with van der Waals surface area (Å²) in [6.07, 6.45) is 1.62. The van der Waals surface area contributed by atoms with E-state index in [4.69, 9.17) is 4.74 Å². The van der Waals surface area contributed by atoms with Gasteiger partial charge in [0.05, 0.1) is 12.5 Å². The zero-order chi connectivity index (χ0) is 19.2. The summed E-state index contributed by atoms with van der Waals surface area (Å²) in [6, 6.07) is 14.9. The molecule has 0 aromatic heterocycles. The van der Waals surface area contributed by atoms with Gasteiger partial charge in [0.2, 0.25) is 5.91 Å². The number of carbonyl (C=O) groups is 2. The van der Waals surface area contributed by atoms with Crippen LogP contribution in [0.4, 0.5) is 5.69 Å². The Morgan fingerprint density at radius 2 is 1.96 bits per heavy atom. The van der Waals surface area contributed by atoms with Crippen LogP contribution in [-0.2, 0) is 4.79 Å². The molecule has 1 fully saturated rings. The fourth-order valence-electron chi connectivity index (χ4n) is 3.38. The van der Waals surface area contributed by atoms with Crippen LogP contribution >= 0.6 is 0 Å². The van der Waals surface area contributed by atoms with Crippen molar-refractivity contribution in [2.24, 2.45) is 5.92 Å². The molecule has 1 unspecified atom stereocenters. The van der Waals surface area contributed by atoms with E-state index < -0.39 is 0 Å². The first-order valence-corrected chi connectivity index (χ1v) is 9.46. The second-order valence-electron chi connectivity index (χ2n) is 6.91. The van der Waals surface area contributed by atoms with Crippen molar-refractivity contribution in [3.8, 4) is 5.75 Å².